The Morgan fingerprint density at radius 2 is 1.94 bits per heavy atom. The van der Waals surface area contributed by atoms with Crippen molar-refractivity contribution >= 4 is 29.2 Å². The predicted octanol–water partition coefficient (Wildman–Crippen LogP) is 2.50. The largest absolute Gasteiger partial charge is 0.313 e. The lowest BCUT2D eigenvalue weighted by Crippen LogP contribution is -2.10. The molecule has 1 aromatic carbocycles. The molecule has 0 atom stereocenters. The average Bonchev–Trinajstić information content (AvgIpc) is 2.56. The van der Waals surface area contributed by atoms with Gasteiger partial charge in [-0.05, 0) is 24.3 Å². The summed E-state index contributed by atoms with van der Waals surface area (Å²) in [6.45, 7) is 0. The van der Waals surface area contributed by atoms with Crippen molar-refractivity contribution in [1.82, 2.24) is 4.57 Å². The van der Waals surface area contributed by atoms with Crippen LogP contribution in [0.25, 0.3) is 5.69 Å². The molecular formula is C10H5ClFNO2S. The van der Waals surface area contributed by atoms with E-state index in [2.05, 4.69) is 0 Å². The van der Waals surface area contributed by atoms with Crippen LogP contribution >= 0.6 is 22.9 Å². The number of halogens is 2. The summed E-state index contributed by atoms with van der Waals surface area (Å²) in [6.07, 6.45) is 0.522. The number of thiazole rings is 1. The van der Waals surface area contributed by atoms with E-state index in [0.717, 1.165) is 15.9 Å². The Balaban J connectivity index is 2.64. The van der Waals surface area contributed by atoms with E-state index in [-0.39, 0.29) is 14.9 Å². The number of aldehydes is 1. The maximum absolute atomic E-state index is 12.7. The van der Waals surface area contributed by atoms with E-state index in [1.165, 1.54) is 24.3 Å². The fraction of sp³-hybridized carbons (Fsp3) is 0. The molecule has 0 aliphatic heterocycles. The zero-order chi connectivity index (χ0) is 11.7. The van der Waals surface area contributed by atoms with Crippen molar-refractivity contribution in [2.75, 3.05) is 0 Å². The van der Waals surface area contributed by atoms with E-state index >= 15 is 0 Å². The minimum Gasteiger partial charge on any atom is -0.297 e. The SMILES string of the molecule is O=Cc1sc(=O)n(-c2ccc(F)cc2)c1Cl. The van der Waals surface area contributed by atoms with Crippen molar-refractivity contribution in [2.45, 2.75) is 0 Å². The van der Waals surface area contributed by atoms with Gasteiger partial charge in [0.25, 0.3) is 0 Å². The zero-order valence-corrected chi connectivity index (χ0v) is 9.39. The van der Waals surface area contributed by atoms with Gasteiger partial charge in [-0.15, -0.1) is 0 Å². The summed E-state index contributed by atoms with van der Waals surface area (Å²) in [5.41, 5.74) is 0.431. The Kier molecular flexibility index (Phi) is 2.89. The van der Waals surface area contributed by atoms with Gasteiger partial charge in [0.2, 0.25) is 0 Å². The van der Waals surface area contributed by atoms with E-state index in [1.807, 2.05) is 0 Å². The monoisotopic (exact) mass is 257 g/mol. The quantitative estimate of drug-likeness (QED) is 0.776. The summed E-state index contributed by atoms with van der Waals surface area (Å²) in [4.78, 5) is 21.9. The Labute approximate surface area is 98.7 Å². The molecule has 0 aliphatic carbocycles. The Morgan fingerprint density at radius 1 is 1.31 bits per heavy atom. The van der Waals surface area contributed by atoms with Crippen LogP contribution in [0.2, 0.25) is 5.15 Å². The topological polar surface area (TPSA) is 39.1 Å². The number of rotatable bonds is 2. The van der Waals surface area contributed by atoms with Crippen molar-refractivity contribution in [3.8, 4) is 5.69 Å². The summed E-state index contributed by atoms with van der Waals surface area (Å²) in [5, 5.41) is 0.0524. The van der Waals surface area contributed by atoms with Gasteiger partial charge in [0.1, 0.15) is 15.8 Å². The van der Waals surface area contributed by atoms with Crippen LogP contribution in [0.15, 0.2) is 29.1 Å². The van der Waals surface area contributed by atoms with Gasteiger partial charge in [0, 0.05) is 0 Å². The molecule has 2 aromatic rings. The number of hydrogen-bond acceptors (Lipinski definition) is 3. The van der Waals surface area contributed by atoms with Crippen molar-refractivity contribution in [3.05, 3.63) is 49.8 Å². The van der Waals surface area contributed by atoms with Gasteiger partial charge < -0.3 is 0 Å². The summed E-state index contributed by atoms with van der Waals surface area (Å²) < 4.78 is 13.9. The Hall–Kier alpha value is -1.46. The third-order valence-corrected chi connectivity index (χ3v) is 3.32. The molecule has 0 unspecified atom stereocenters. The van der Waals surface area contributed by atoms with Crippen LogP contribution in [-0.4, -0.2) is 10.9 Å². The van der Waals surface area contributed by atoms with E-state index in [4.69, 9.17) is 11.6 Å². The zero-order valence-electron chi connectivity index (χ0n) is 7.81. The molecule has 3 nitrogen and oxygen atoms in total. The molecule has 1 heterocycles. The minimum absolute atomic E-state index is 0.0524. The number of benzene rings is 1. The summed E-state index contributed by atoms with van der Waals surface area (Å²) in [7, 11) is 0. The molecule has 0 N–H and O–H groups in total. The average molecular weight is 258 g/mol. The van der Waals surface area contributed by atoms with Crippen LogP contribution in [0, 0.1) is 5.82 Å². The molecule has 2 rings (SSSR count). The number of hydrogen-bond donors (Lipinski definition) is 0. The first-order valence-electron chi connectivity index (χ1n) is 4.26. The van der Waals surface area contributed by atoms with Gasteiger partial charge >= 0.3 is 4.87 Å². The maximum atomic E-state index is 12.7. The highest BCUT2D eigenvalue weighted by molar-refractivity contribution is 7.11. The van der Waals surface area contributed by atoms with Crippen LogP contribution in [-0.2, 0) is 0 Å². The van der Waals surface area contributed by atoms with Gasteiger partial charge in [-0.25, -0.2) is 4.39 Å². The lowest BCUT2D eigenvalue weighted by molar-refractivity contribution is 0.112. The second-order valence-corrected chi connectivity index (χ2v) is 4.30. The van der Waals surface area contributed by atoms with Crippen molar-refractivity contribution in [2.24, 2.45) is 0 Å². The van der Waals surface area contributed by atoms with Crippen molar-refractivity contribution in [3.63, 3.8) is 0 Å². The molecule has 0 fully saturated rings. The molecular weight excluding hydrogens is 253 g/mol. The second-order valence-electron chi connectivity index (χ2n) is 2.95. The van der Waals surface area contributed by atoms with Gasteiger partial charge in [-0.3, -0.25) is 14.2 Å². The smallest absolute Gasteiger partial charge is 0.297 e. The maximum Gasteiger partial charge on any atom is 0.313 e. The number of carbonyl (C=O) groups is 1. The van der Waals surface area contributed by atoms with E-state index in [0.29, 0.717) is 12.0 Å². The molecule has 82 valence electrons. The first-order chi connectivity index (χ1) is 7.63. The third-order valence-electron chi connectivity index (χ3n) is 1.97. The molecule has 0 radical (unpaired) electrons. The van der Waals surface area contributed by atoms with Gasteiger partial charge in [-0.2, -0.15) is 0 Å². The van der Waals surface area contributed by atoms with Crippen LogP contribution in [0.4, 0.5) is 4.39 Å². The molecule has 16 heavy (non-hydrogen) atoms. The summed E-state index contributed by atoms with van der Waals surface area (Å²) in [6, 6.07) is 5.28. The molecule has 1 aromatic heterocycles. The molecule has 0 amide bonds. The van der Waals surface area contributed by atoms with E-state index in [1.54, 1.807) is 0 Å². The fourth-order valence-electron chi connectivity index (χ4n) is 1.25. The highest BCUT2D eigenvalue weighted by atomic mass is 35.5. The van der Waals surface area contributed by atoms with Gasteiger partial charge in [0.05, 0.1) is 5.69 Å². The van der Waals surface area contributed by atoms with Crippen LogP contribution < -0.4 is 4.87 Å². The van der Waals surface area contributed by atoms with Crippen LogP contribution in [0.5, 0.6) is 0 Å². The molecule has 0 spiro atoms. The summed E-state index contributed by atoms with van der Waals surface area (Å²) >= 11 is 6.61. The molecule has 0 saturated heterocycles. The molecule has 0 aliphatic rings. The van der Waals surface area contributed by atoms with E-state index < -0.39 is 5.82 Å². The highest BCUT2D eigenvalue weighted by Crippen LogP contribution is 2.20. The first-order valence-corrected chi connectivity index (χ1v) is 5.45. The summed E-state index contributed by atoms with van der Waals surface area (Å²) in [5.74, 6) is -0.404. The normalized spacial score (nSPS) is 10.4. The number of nitrogens with zero attached hydrogens (tertiary/aromatic N) is 1. The highest BCUT2D eigenvalue weighted by Gasteiger charge is 2.13. The third kappa shape index (κ3) is 1.79. The standard InChI is InChI=1S/C10H5ClFNO2S/c11-9-8(5-14)16-10(15)13(9)7-3-1-6(12)2-4-7/h1-5H. The van der Waals surface area contributed by atoms with Crippen molar-refractivity contribution in [1.29, 1.82) is 0 Å². The first kappa shape index (κ1) is 11.0. The lowest BCUT2D eigenvalue weighted by atomic mass is 10.3. The van der Waals surface area contributed by atoms with Crippen molar-refractivity contribution < 1.29 is 9.18 Å². The molecule has 0 saturated carbocycles. The van der Waals surface area contributed by atoms with Gasteiger partial charge in [0.15, 0.2) is 6.29 Å². The van der Waals surface area contributed by atoms with Crippen LogP contribution in [0.1, 0.15) is 9.67 Å². The second kappa shape index (κ2) is 4.19. The lowest BCUT2D eigenvalue weighted by Gasteiger charge is -2.02. The van der Waals surface area contributed by atoms with Gasteiger partial charge in [-0.1, -0.05) is 22.9 Å². The fourth-order valence-corrected chi connectivity index (χ4v) is 2.34. The number of carbonyl (C=O) groups excluding carboxylic acids is 1. The Bertz CT molecular complexity index is 588. The predicted molar refractivity (Wildman–Crippen MR) is 60.3 cm³/mol. The molecule has 0 bridgehead atoms. The minimum atomic E-state index is -0.404. The molecule has 6 heteroatoms. The number of aromatic nitrogens is 1. The Morgan fingerprint density at radius 3 is 2.44 bits per heavy atom. The van der Waals surface area contributed by atoms with E-state index in [9.17, 15) is 14.0 Å². The van der Waals surface area contributed by atoms with Crippen LogP contribution in [0.3, 0.4) is 0 Å².